The molecule has 4 aromatic rings. The lowest BCUT2D eigenvalue weighted by Crippen LogP contribution is -2.14. The molecule has 0 radical (unpaired) electrons. The van der Waals surface area contributed by atoms with Gasteiger partial charge in [-0.3, -0.25) is 0 Å². The standard InChI is InChI=1S/C18H17N5O2S2/c1-24-14-6-4-12(5-7-14)9-16-21-22-18(23(16)19)27-11-13-10-25-17(20-13)15-3-2-8-26-15/h2-8,10H,9,11,19H2,1H3. The Hall–Kier alpha value is -2.78. The van der Waals surface area contributed by atoms with E-state index >= 15 is 0 Å². The Balaban J connectivity index is 1.40. The molecule has 0 aliphatic heterocycles. The molecule has 27 heavy (non-hydrogen) atoms. The van der Waals surface area contributed by atoms with Gasteiger partial charge in [0.15, 0.2) is 5.82 Å². The summed E-state index contributed by atoms with van der Waals surface area (Å²) < 4.78 is 12.2. The second kappa shape index (κ2) is 7.85. The van der Waals surface area contributed by atoms with Gasteiger partial charge in [-0.15, -0.1) is 21.5 Å². The number of hydrogen-bond donors (Lipinski definition) is 1. The smallest absolute Gasteiger partial charge is 0.236 e. The third kappa shape index (κ3) is 3.99. The number of methoxy groups -OCH3 is 1. The van der Waals surface area contributed by atoms with Crippen molar-refractivity contribution in [2.24, 2.45) is 0 Å². The van der Waals surface area contributed by atoms with Gasteiger partial charge in [-0.2, -0.15) is 0 Å². The van der Waals surface area contributed by atoms with Crippen LogP contribution < -0.4 is 10.6 Å². The Morgan fingerprint density at radius 3 is 2.81 bits per heavy atom. The highest BCUT2D eigenvalue weighted by Gasteiger charge is 2.13. The number of oxazole rings is 1. The molecule has 0 aliphatic carbocycles. The lowest BCUT2D eigenvalue weighted by Gasteiger charge is -2.04. The fourth-order valence-electron chi connectivity index (χ4n) is 2.48. The van der Waals surface area contributed by atoms with Gasteiger partial charge < -0.3 is 15.0 Å². The molecular formula is C18H17N5O2S2. The van der Waals surface area contributed by atoms with Crippen molar-refractivity contribution in [2.75, 3.05) is 13.0 Å². The molecule has 0 fully saturated rings. The van der Waals surface area contributed by atoms with Crippen LogP contribution in [0.25, 0.3) is 10.8 Å². The molecule has 0 amide bonds. The summed E-state index contributed by atoms with van der Waals surface area (Å²) in [7, 11) is 1.65. The maximum Gasteiger partial charge on any atom is 0.236 e. The van der Waals surface area contributed by atoms with Gasteiger partial charge in [0.1, 0.15) is 12.0 Å². The van der Waals surface area contributed by atoms with Crippen LogP contribution in [0.2, 0.25) is 0 Å². The summed E-state index contributed by atoms with van der Waals surface area (Å²) in [6.45, 7) is 0. The number of aromatic nitrogens is 4. The number of nitrogens with zero attached hydrogens (tertiary/aromatic N) is 4. The van der Waals surface area contributed by atoms with Crippen molar-refractivity contribution in [2.45, 2.75) is 17.3 Å². The highest BCUT2D eigenvalue weighted by atomic mass is 32.2. The van der Waals surface area contributed by atoms with Crippen LogP contribution in [0.1, 0.15) is 17.1 Å². The molecule has 9 heteroatoms. The minimum absolute atomic E-state index is 0.598. The Labute approximate surface area is 164 Å². The van der Waals surface area contributed by atoms with E-state index in [4.69, 9.17) is 15.0 Å². The Kier molecular flexibility index (Phi) is 5.12. The van der Waals surface area contributed by atoms with Gasteiger partial charge in [0.25, 0.3) is 0 Å². The molecule has 0 saturated carbocycles. The molecule has 138 valence electrons. The quantitative estimate of drug-likeness (QED) is 0.375. The molecule has 0 atom stereocenters. The van der Waals surface area contributed by atoms with E-state index < -0.39 is 0 Å². The molecule has 3 heterocycles. The highest BCUT2D eigenvalue weighted by Crippen LogP contribution is 2.26. The lowest BCUT2D eigenvalue weighted by atomic mass is 10.1. The van der Waals surface area contributed by atoms with Gasteiger partial charge in [-0.05, 0) is 29.1 Å². The molecular weight excluding hydrogens is 382 g/mol. The number of thioether (sulfide) groups is 1. The average Bonchev–Trinajstić information content (AvgIpc) is 3.43. The molecule has 4 rings (SSSR count). The lowest BCUT2D eigenvalue weighted by molar-refractivity contribution is 0.414. The predicted molar refractivity (Wildman–Crippen MR) is 105 cm³/mol. The largest absolute Gasteiger partial charge is 0.497 e. The third-order valence-electron chi connectivity index (χ3n) is 3.89. The zero-order valence-corrected chi connectivity index (χ0v) is 16.2. The highest BCUT2D eigenvalue weighted by molar-refractivity contribution is 7.98. The zero-order chi connectivity index (χ0) is 18.6. The summed E-state index contributed by atoms with van der Waals surface area (Å²) in [5, 5.41) is 11.0. The minimum atomic E-state index is 0.598. The fraction of sp³-hybridized carbons (Fsp3) is 0.167. The van der Waals surface area contributed by atoms with E-state index in [-0.39, 0.29) is 0 Å². The molecule has 0 saturated heterocycles. The third-order valence-corrected chi connectivity index (χ3v) is 5.72. The monoisotopic (exact) mass is 399 g/mol. The van der Waals surface area contributed by atoms with Gasteiger partial charge in [-0.25, -0.2) is 9.66 Å². The van der Waals surface area contributed by atoms with Crippen molar-refractivity contribution in [3.05, 3.63) is 65.1 Å². The van der Waals surface area contributed by atoms with E-state index in [1.54, 1.807) is 24.7 Å². The number of nitrogens with two attached hydrogens (primary N) is 1. The number of thiophene rings is 1. The Morgan fingerprint density at radius 1 is 1.22 bits per heavy atom. The van der Waals surface area contributed by atoms with Crippen molar-refractivity contribution in [1.29, 1.82) is 0 Å². The van der Waals surface area contributed by atoms with E-state index in [9.17, 15) is 0 Å². The van der Waals surface area contributed by atoms with E-state index in [1.165, 1.54) is 16.4 Å². The molecule has 7 nitrogen and oxygen atoms in total. The number of rotatable bonds is 7. The van der Waals surface area contributed by atoms with Crippen LogP contribution in [0, 0.1) is 0 Å². The first-order chi connectivity index (χ1) is 13.2. The van der Waals surface area contributed by atoms with Crippen LogP contribution in [0.4, 0.5) is 0 Å². The van der Waals surface area contributed by atoms with Gasteiger partial charge in [0, 0.05) is 12.2 Å². The molecule has 2 N–H and O–H groups in total. The van der Waals surface area contributed by atoms with E-state index in [0.717, 1.165) is 21.9 Å². The second-order valence-corrected chi connectivity index (χ2v) is 7.59. The maximum atomic E-state index is 6.16. The van der Waals surface area contributed by atoms with Crippen LogP contribution in [0.3, 0.4) is 0 Å². The van der Waals surface area contributed by atoms with Gasteiger partial charge >= 0.3 is 0 Å². The van der Waals surface area contributed by atoms with Crippen LogP contribution in [-0.2, 0) is 12.2 Å². The Bertz CT molecular complexity index is 1010. The van der Waals surface area contributed by atoms with Crippen LogP contribution in [-0.4, -0.2) is 27.0 Å². The first-order valence-corrected chi connectivity index (χ1v) is 10.0. The number of hydrogen-bond acceptors (Lipinski definition) is 8. The number of ether oxygens (including phenoxy) is 1. The molecule has 0 aliphatic rings. The second-order valence-electron chi connectivity index (χ2n) is 5.70. The molecule has 3 aromatic heterocycles. The molecule has 0 bridgehead atoms. The van der Waals surface area contributed by atoms with Crippen molar-refractivity contribution < 1.29 is 9.15 Å². The van der Waals surface area contributed by atoms with Gasteiger partial charge in [0.05, 0.1) is 17.7 Å². The summed E-state index contributed by atoms with van der Waals surface area (Å²) in [5.41, 5.74) is 1.92. The minimum Gasteiger partial charge on any atom is -0.497 e. The van der Waals surface area contributed by atoms with Crippen LogP contribution in [0.5, 0.6) is 5.75 Å². The summed E-state index contributed by atoms with van der Waals surface area (Å²) >= 11 is 3.07. The summed E-state index contributed by atoms with van der Waals surface area (Å²) in [5.74, 6) is 8.91. The van der Waals surface area contributed by atoms with E-state index in [0.29, 0.717) is 29.0 Å². The van der Waals surface area contributed by atoms with Crippen LogP contribution >= 0.6 is 23.1 Å². The number of nitrogen functional groups attached to an aromatic ring is 1. The maximum absolute atomic E-state index is 6.16. The normalized spacial score (nSPS) is 11.0. The summed E-state index contributed by atoms with van der Waals surface area (Å²) in [6.07, 6.45) is 2.26. The fourth-order valence-corrected chi connectivity index (χ4v) is 3.89. The molecule has 0 unspecified atom stereocenters. The van der Waals surface area contributed by atoms with E-state index in [2.05, 4.69) is 15.2 Å². The van der Waals surface area contributed by atoms with Crippen molar-refractivity contribution in [3.63, 3.8) is 0 Å². The summed E-state index contributed by atoms with van der Waals surface area (Å²) in [6, 6.07) is 11.8. The van der Waals surface area contributed by atoms with Crippen molar-refractivity contribution >= 4 is 23.1 Å². The topological polar surface area (TPSA) is 92.0 Å². The first-order valence-electron chi connectivity index (χ1n) is 8.16. The predicted octanol–water partition coefficient (Wildman–Crippen LogP) is 3.60. The number of benzene rings is 1. The summed E-state index contributed by atoms with van der Waals surface area (Å²) in [4.78, 5) is 5.51. The molecule has 1 aromatic carbocycles. The molecule has 0 spiro atoms. The van der Waals surface area contributed by atoms with Crippen LogP contribution in [0.15, 0.2) is 57.6 Å². The Morgan fingerprint density at radius 2 is 2.07 bits per heavy atom. The van der Waals surface area contributed by atoms with Gasteiger partial charge in [-0.1, -0.05) is 30.0 Å². The van der Waals surface area contributed by atoms with Crippen molar-refractivity contribution in [1.82, 2.24) is 19.9 Å². The van der Waals surface area contributed by atoms with Gasteiger partial charge in [0.2, 0.25) is 11.0 Å². The SMILES string of the molecule is COc1ccc(Cc2nnc(SCc3coc(-c4cccs4)n3)n2N)cc1. The zero-order valence-electron chi connectivity index (χ0n) is 14.5. The first kappa shape index (κ1) is 17.6. The van der Waals surface area contributed by atoms with Crippen molar-refractivity contribution in [3.8, 4) is 16.5 Å². The van der Waals surface area contributed by atoms with E-state index in [1.807, 2.05) is 41.8 Å². The average molecular weight is 400 g/mol.